The van der Waals surface area contributed by atoms with Crippen LogP contribution in [0.3, 0.4) is 0 Å². The van der Waals surface area contributed by atoms with E-state index in [1.165, 1.54) is 12.3 Å². The molecule has 0 unspecified atom stereocenters. The molecule has 0 atom stereocenters. The van der Waals surface area contributed by atoms with Gasteiger partial charge in [0.05, 0.1) is 23.1 Å². The summed E-state index contributed by atoms with van der Waals surface area (Å²) in [5, 5.41) is 0. The Bertz CT molecular complexity index is 1390. The smallest absolute Gasteiger partial charge is 0.165 e. The number of hydrogen-bond acceptors (Lipinski definition) is 5. The van der Waals surface area contributed by atoms with Crippen LogP contribution in [0.1, 0.15) is 5.56 Å². The Hall–Kier alpha value is -4.84. The topological polar surface area (TPSA) is 82.5 Å². The van der Waals surface area contributed by atoms with Crippen LogP contribution in [0.25, 0.3) is 39.6 Å². The summed E-state index contributed by atoms with van der Waals surface area (Å²) in [6.45, 7) is 0. The van der Waals surface area contributed by atoms with Gasteiger partial charge in [-0.2, -0.15) is 0 Å². The molecule has 0 aliphatic heterocycles. The van der Waals surface area contributed by atoms with Crippen LogP contribution < -0.4 is 5.73 Å². The van der Waals surface area contributed by atoms with E-state index in [9.17, 15) is 4.39 Å². The Labute approximate surface area is 189 Å². The molecule has 0 aliphatic carbocycles. The average molecular weight is 703 g/mol. The van der Waals surface area contributed by atoms with Crippen molar-refractivity contribution in [3.8, 4) is 28.5 Å². The average Bonchev–Trinajstić information content (AvgIpc) is 3.18. The second-order valence-corrected chi connectivity index (χ2v) is 7.18. The van der Waals surface area contributed by atoms with Crippen molar-refractivity contribution in [1.29, 1.82) is 0 Å². The normalized spacial score (nSPS) is 10.5. The van der Waals surface area contributed by atoms with Crippen LogP contribution in [0.5, 0.6) is 0 Å². The van der Waals surface area contributed by atoms with Crippen LogP contribution in [0.2, 0.25) is 0 Å². The van der Waals surface area contributed by atoms with Gasteiger partial charge in [0.2, 0.25) is 0 Å². The molecule has 0 bridgehead atoms. The van der Waals surface area contributed by atoms with Crippen LogP contribution in [-0.2, 0) is 5.88 Å². The third-order valence-corrected chi connectivity index (χ3v) is 5.23. The van der Waals surface area contributed by atoms with E-state index >= 15 is 0 Å². The van der Waals surface area contributed by atoms with E-state index in [-0.39, 0.29) is 7.43 Å². The van der Waals surface area contributed by atoms with Gasteiger partial charge in [-0.25, -0.2) is 19.3 Å². The summed E-state index contributed by atoms with van der Waals surface area (Å²) in [6, 6.07) is 18.1. The van der Waals surface area contributed by atoms with Crippen molar-refractivity contribution in [2.45, 2.75) is 5.88 Å². The largest absolute Gasteiger partial charge is 0.383 e. The van der Waals surface area contributed by atoms with E-state index in [2.05, 4.69) is 9.97 Å². The molecule has 4 aromatic heterocycles. The molecule has 0 saturated heterocycles. The zero-order chi connectivity index (χ0) is 21.4. The van der Waals surface area contributed by atoms with Gasteiger partial charge in [0.15, 0.2) is 11.5 Å². The molecule has 33 heavy (non-hydrogen) atoms. The third-order valence-electron chi connectivity index (χ3n) is 4.92. The molecule has 6 nitrogen and oxygen atoms in total. The number of halogens is 2. The third kappa shape index (κ3) is 4.05. The Morgan fingerprint density at radius 1 is 0.909 bits per heavy atom. The van der Waals surface area contributed by atoms with E-state index in [0.717, 1.165) is 11.3 Å². The number of fused-ring (bicyclic) bond motifs is 1. The number of nitrogens with zero attached hydrogens (tertiary/aromatic N) is 5. The SMILES string of the molecule is Nc1ncccc1-c1nc2ccc(-c3ccc(F)cn3)nc2n1-c1ccc(CCl)cc1.[CH3-].[Fm]. The van der Waals surface area contributed by atoms with Crippen molar-refractivity contribution in [1.82, 2.24) is 24.5 Å². The zero-order valence-electron chi connectivity index (χ0n) is 17.5. The summed E-state index contributed by atoms with van der Waals surface area (Å²) >= 11 is 5.96. The van der Waals surface area contributed by atoms with Crippen LogP contribution >= 0.6 is 11.6 Å². The summed E-state index contributed by atoms with van der Waals surface area (Å²) in [6.07, 6.45) is 2.81. The number of imidazole rings is 1. The number of anilines is 1. The van der Waals surface area contributed by atoms with E-state index in [4.69, 9.17) is 27.3 Å². The van der Waals surface area contributed by atoms with Gasteiger partial charge >= 0.3 is 0 Å². The predicted octanol–water partition coefficient (Wildman–Crippen LogP) is 5.45. The maximum Gasteiger partial charge on any atom is 0.165 e. The van der Waals surface area contributed by atoms with E-state index < -0.39 is 5.82 Å². The number of nitrogen functional groups attached to an aromatic ring is 1. The maximum absolute atomic E-state index is 13.3. The quantitative estimate of drug-likeness (QED) is 0.199. The van der Waals surface area contributed by atoms with Gasteiger partial charge in [-0.1, -0.05) is 12.1 Å². The second kappa shape index (κ2) is 9.11. The van der Waals surface area contributed by atoms with Crippen LogP contribution in [-0.4, -0.2) is 24.5 Å². The monoisotopic (exact) mass is 702 g/mol. The Kier molecular flexibility index (Phi) is 6.31. The first-order valence-corrected chi connectivity index (χ1v) is 10.0. The van der Waals surface area contributed by atoms with Crippen LogP contribution in [0.4, 0.5) is 10.2 Å². The molecule has 0 aliphatic rings. The first kappa shape index (κ1) is 22.8. The van der Waals surface area contributed by atoms with Crippen molar-refractivity contribution in [2.24, 2.45) is 0 Å². The summed E-state index contributed by atoms with van der Waals surface area (Å²) < 4.78 is 15.2. The fourth-order valence-electron chi connectivity index (χ4n) is 3.39. The molecule has 172 valence electrons. The van der Waals surface area contributed by atoms with Gasteiger partial charge in [-0.3, -0.25) is 9.55 Å². The number of aromatic nitrogens is 5. The van der Waals surface area contributed by atoms with Crippen molar-refractivity contribution in [2.75, 3.05) is 5.73 Å². The number of alkyl halides is 1. The standard InChI is InChI=1S/C23H16ClFN6.CH3.Fm/c24-12-14-3-6-16(7-4-14)31-22(17-2-1-11-27-21(17)26)30-20-10-9-19(29-23(20)31)18-8-5-15(25)13-28-18;;/h1-11,13H,12H2,(H2,26,27);1H3;/q;-1;. The summed E-state index contributed by atoms with van der Waals surface area (Å²) in [4.78, 5) is 17.9. The zero-order valence-corrected chi connectivity index (χ0v) is 20.7. The van der Waals surface area contributed by atoms with E-state index in [1.54, 1.807) is 12.3 Å². The minimum atomic E-state index is -0.399. The molecule has 4 heterocycles. The van der Waals surface area contributed by atoms with Gasteiger partial charge in [-0.15, -0.1) is 11.6 Å². The first-order chi connectivity index (χ1) is 15.1. The Morgan fingerprint density at radius 3 is 2.33 bits per heavy atom. The second-order valence-electron chi connectivity index (χ2n) is 6.91. The molecule has 0 saturated carbocycles. The number of rotatable bonds is 4. The maximum atomic E-state index is 13.3. The molecule has 5 aromatic rings. The minimum Gasteiger partial charge on any atom is -0.383 e. The van der Waals surface area contributed by atoms with Gasteiger partial charge < -0.3 is 13.2 Å². The Morgan fingerprint density at radius 2 is 1.67 bits per heavy atom. The first-order valence-electron chi connectivity index (χ1n) is 9.51. The summed E-state index contributed by atoms with van der Waals surface area (Å²) in [5.74, 6) is 1.02. The molecule has 2 N–H and O–H groups in total. The van der Waals surface area contributed by atoms with Gasteiger partial charge in [0.1, 0.15) is 17.2 Å². The molecular weight excluding hydrogens is 684 g/mol. The molecule has 0 spiro atoms. The molecule has 9 heteroatoms. The Balaban J connectivity index is 0.00000153. The molecule has 0 fully saturated rings. The fourth-order valence-corrected chi connectivity index (χ4v) is 3.57. The summed E-state index contributed by atoms with van der Waals surface area (Å²) in [7, 11) is 0. The van der Waals surface area contributed by atoms with Gasteiger partial charge in [0, 0.05) is 17.8 Å². The van der Waals surface area contributed by atoms with Gasteiger partial charge in [0.25, 0.3) is 0 Å². The number of nitrogens with two attached hydrogens (primary N) is 1. The van der Waals surface area contributed by atoms with Crippen LogP contribution in [0, 0.1) is 13.2 Å². The van der Waals surface area contributed by atoms with E-state index in [1.807, 2.05) is 53.1 Å². The molecule has 0 amide bonds. The number of benzene rings is 1. The minimum absolute atomic E-state index is 0. The summed E-state index contributed by atoms with van der Waals surface area (Å²) in [5.41, 5.74) is 11.2. The van der Waals surface area contributed by atoms with Crippen LogP contribution in [0.15, 0.2) is 73.1 Å². The molecule has 1 aromatic carbocycles. The fraction of sp³-hybridized carbons (Fsp3) is 0.0417. The van der Waals surface area contributed by atoms with Crippen molar-refractivity contribution < 1.29 is 4.39 Å². The number of pyridine rings is 3. The van der Waals surface area contributed by atoms with Crippen molar-refractivity contribution in [3.63, 3.8) is 0 Å². The molecule has 0 radical (unpaired) electrons. The molecular formula is C24H19ClFFmN6-. The molecule has 5 rings (SSSR count). The van der Waals surface area contributed by atoms with Crippen molar-refractivity contribution >= 4 is 28.6 Å². The number of hydrogen-bond donors (Lipinski definition) is 1. The van der Waals surface area contributed by atoms with Gasteiger partial charge in [-0.05, 0) is 54.1 Å². The van der Waals surface area contributed by atoms with E-state index in [0.29, 0.717) is 45.6 Å². The van der Waals surface area contributed by atoms with Crippen molar-refractivity contribution in [3.05, 3.63) is 91.9 Å². The predicted molar refractivity (Wildman–Crippen MR) is 126 cm³/mol.